The van der Waals surface area contributed by atoms with E-state index in [4.69, 9.17) is 4.74 Å². The van der Waals surface area contributed by atoms with E-state index in [1.54, 1.807) is 0 Å². The molecule has 2 aliphatic rings. The second-order valence-electron chi connectivity index (χ2n) is 6.13. The van der Waals surface area contributed by atoms with Gasteiger partial charge in [0.1, 0.15) is 5.52 Å². The van der Waals surface area contributed by atoms with Gasteiger partial charge in [-0.2, -0.15) is 4.68 Å². The summed E-state index contributed by atoms with van der Waals surface area (Å²) in [6.07, 6.45) is 5.05. The number of nitrogens with zero attached hydrogens (tertiary/aromatic N) is 4. The van der Waals surface area contributed by atoms with Crippen molar-refractivity contribution in [2.45, 2.75) is 44.5 Å². The van der Waals surface area contributed by atoms with Crippen molar-refractivity contribution in [2.75, 3.05) is 13.2 Å². The van der Waals surface area contributed by atoms with Crippen LogP contribution in [0.1, 0.15) is 25.7 Å². The predicted octanol–water partition coefficient (Wildman–Crippen LogP) is 1.39. The van der Waals surface area contributed by atoms with E-state index < -0.39 is 0 Å². The summed E-state index contributed by atoms with van der Waals surface area (Å²) in [5.41, 5.74) is 0.589. The Morgan fingerprint density at radius 1 is 1.23 bits per heavy atom. The number of morpholine rings is 1. The van der Waals surface area contributed by atoms with Crippen molar-refractivity contribution in [1.82, 2.24) is 19.9 Å². The van der Waals surface area contributed by atoms with Gasteiger partial charge in [0.2, 0.25) is 0 Å². The minimum absolute atomic E-state index is 0.0653. The Balaban J connectivity index is 1.62. The molecule has 0 radical (unpaired) electrons. The molecule has 1 saturated heterocycles. The van der Waals surface area contributed by atoms with Gasteiger partial charge in [-0.25, -0.2) is 0 Å². The maximum absolute atomic E-state index is 12.6. The number of hydrogen-bond acceptors (Lipinski definition) is 5. The lowest BCUT2D eigenvalue weighted by molar-refractivity contribution is -0.0998. The SMILES string of the molecule is O=c1c2ccccc2nnn1CN1CCO[C@@H]2CCCC[C@@H]21. The van der Waals surface area contributed by atoms with Gasteiger partial charge in [0.15, 0.2) is 0 Å². The molecule has 2 fully saturated rings. The zero-order valence-electron chi connectivity index (χ0n) is 12.5. The molecule has 0 bridgehead atoms. The van der Waals surface area contributed by atoms with Gasteiger partial charge in [-0.3, -0.25) is 9.69 Å². The molecule has 2 heterocycles. The van der Waals surface area contributed by atoms with E-state index in [1.807, 2.05) is 24.3 Å². The Bertz CT molecular complexity index is 727. The molecule has 1 aromatic heterocycles. The molecule has 6 heteroatoms. The van der Waals surface area contributed by atoms with Gasteiger partial charge >= 0.3 is 0 Å². The van der Waals surface area contributed by atoms with Crippen LogP contribution >= 0.6 is 0 Å². The Kier molecular flexibility index (Phi) is 3.63. The Morgan fingerprint density at radius 2 is 2.09 bits per heavy atom. The molecule has 2 atom stereocenters. The zero-order valence-corrected chi connectivity index (χ0v) is 12.5. The molecule has 2 aromatic rings. The summed E-state index contributed by atoms with van der Waals surface area (Å²) in [6, 6.07) is 7.77. The van der Waals surface area contributed by atoms with Gasteiger partial charge in [0.25, 0.3) is 5.56 Å². The molecule has 1 aliphatic heterocycles. The van der Waals surface area contributed by atoms with Crippen LogP contribution in [0, 0.1) is 0 Å². The zero-order chi connectivity index (χ0) is 14.9. The normalized spacial score (nSPS) is 26.0. The van der Waals surface area contributed by atoms with Gasteiger partial charge < -0.3 is 4.74 Å². The number of rotatable bonds is 2. The van der Waals surface area contributed by atoms with Crippen LogP contribution in [-0.4, -0.2) is 45.2 Å². The topological polar surface area (TPSA) is 60.2 Å². The third kappa shape index (κ3) is 2.42. The van der Waals surface area contributed by atoms with Crippen molar-refractivity contribution >= 4 is 10.9 Å². The minimum atomic E-state index is -0.0653. The number of aromatic nitrogens is 3. The van der Waals surface area contributed by atoms with Crippen LogP contribution in [-0.2, 0) is 11.4 Å². The van der Waals surface area contributed by atoms with Crippen LogP contribution in [0.2, 0.25) is 0 Å². The molecule has 116 valence electrons. The molecule has 6 nitrogen and oxygen atoms in total. The summed E-state index contributed by atoms with van der Waals surface area (Å²) < 4.78 is 7.37. The largest absolute Gasteiger partial charge is 0.375 e. The highest BCUT2D eigenvalue weighted by Gasteiger charge is 2.34. The average Bonchev–Trinajstić information content (AvgIpc) is 2.58. The van der Waals surface area contributed by atoms with E-state index in [0.717, 1.165) is 26.0 Å². The van der Waals surface area contributed by atoms with Crippen LogP contribution < -0.4 is 5.56 Å². The molecule has 0 spiro atoms. The van der Waals surface area contributed by atoms with Crippen LogP contribution in [0.4, 0.5) is 0 Å². The third-order valence-corrected chi connectivity index (χ3v) is 4.79. The summed E-state index contributed by atoms with van der Waals surface area (Å²) in [4.78, 5) is 14.9. The van der Waals surface area contributed by atoms with Crippen molar-refractivity contribution < 1.29 is 4.74 Å². The van der Waals surface area contributed by atoms with Crippen LogP contribution in [0.25, 0.3) is 10.9 Å². The minimum Gasteiger partial charge on any atom is -0.375 e. The first-order valence-corrected chi connectivity index (χ1v) is 8.01. The second kappa shape index (κ2) is 5.78. The van der Waals surface area contributed by atoms with Crippen molar-refractivity contribution in [3.05, 3.63) is 34.6 Å². The van der Waals surface area contributed by atoms with Crippen LogP contribution in [0.15, 0.2) is 29.1 Å². The van der Waals surface area contributed by atoms with Gasteiger partial charge in [0, 0.05) is 12.6 Å². The first kappa shape index (κ1) is 13.8. The summed E-state index contributed by atoms with van der Waals surface area (Å²) in [6.45, 7) is 2.08. The number of ether oxygens (including phenoxy) is 1. The number of fused-ring (bicyclic) bond motifs is 2. The fraction of sp³-hybridized carbons (Fsp3) is 0.562. The predicted molar refractivity (Wildman–Crippen MR) is 82.5 cm³/mol. The highest BCUT2D eigenvalue weighted by molar-refractivity contribution is 5.76. The van der Waals surface area contributed by atoms with E-state index in [1.165, 1.54) is 17.5 Å². The third-order valence-electron chi connectivity index (χ3n) is 4.79. The maximum atomic E-state index is 12.6. The maximum Gasteiger partial charge on any atom is 0.278 e. The monoisotopic (exact) mass is 300 g/mol. The first-order chi connectivity index (χ1) is 10.8. The molecular weight excluding hydrogens is 280 g/mol. The standard InChI is InChI=1S/C16H20N4O2/c21-16-12-5-1-2-6-13(12)17-18-20(16)11-19-9-10-22-15-8-4-3-7-14(15)19/h1-2,5-6,14-15H,3-4,7-11H2/t14-,15+/m0/s1. The Labute approximate surface area is 128 Å². The molecule has 1 aromatic carbocycles. The van der Waals surface area contributed by atoms with Crippen molar-refractivity contribution in [1.29, 1.82) is 0 Å². The highest BCUT2D eigenvalue weighted by Crippen LogP contribution is 2.28. The van der Waals surface area contributed by atoms with E-state index in [2.05, 4.69) is 15.2 Å². The van der Waals surface area contributed by atoms with E-state index >= 15 is 0 Å². The van der Waals surface area contributed by atoms with Gasteiger partial charge in [-0.15, -0.1) is 5.10 Å². The quantitative estimate of drug-likeness (QED) is 0.839. The second-order valence-corrected chi connectivity index (χ2v) is 6.13. The number of hydrogen-bond donors (Lipinski definition) is 0. The van der Waals surface area contributed by atoms with E-state index in [0.29, 0.717) is 29.7 Å². The van der Waals surface area contributed by atoms with Crippen LogP contribution in [0.5, 0.6) is 0 Å². The fourth-order valence-corrected chi connectivity index (χ4v) is 3.64. The molecule has 4 rings (SSSR count). The van der Waals surface area contributed by atoms with Gasteiger partial charge in [-0.05, 0) is 25.0 Å². The summed E-state index contributed by atoms with van der Waals surface area (Å²) in [5.74, 6) is 0. The smallest absolute Gasteiger partial charge is 0.278 e. The Hall–Kier alpha value is -1.79. The van der Waals surface area contributed by atoms with Crippen molar-refractivity contribution in [3.63, 3.8) is 0 Å². The molecule has 1 saturated carbocycles. The lowest BCUT2D eigenvalue weighted by atomic mass is 9.90. The summed E-state index contributed by atoms with van der Waals surface area (Å²) in [5, 5.41) is 8.91. The highest BCUT2D eigenvalue weighted by atomic mass is 16.5. The lowest BCUT2D eigenvalue weighted by Gasteiger charge is -2.43. The summed E-state index contributed by atoms with van der Waals surface area (Å²) in [7, 11) is 0. The lowest BCUT2D eigenvalue weighted by Crippen LogP contribution is -2.53. The Morgan fingerprint density at radius 3 is 3.05 bits per heavy atom. The molecule has 22 heavy (non-hydrogen) atoms. The molecule has 0 unspecified atom stereocenters. The van der Waals surface area contributed by atoms with Crippen LogP contribution in [0.3, 0.4) is 0 Å². The molecule has 0 N–H and O–H groups in total. The summed E-state index contributed by atoms with van der Waals surface area (Å²) >= 11 is 0. The molecule has 1 aliphatic carbocycles. The van der Waals surface area contributed by atoms with Gasteiger partial charge in [-0.1, -0.05) is 30.2 Å². The average molecular weight is 300 g/mol. The fourth-order valence-electron chi connectivity index (χ4n) is 3.64. The molecular formula is C16H20N4O2. The van der Waals surface area contributed by atoms with E-state index in [9.17, 15) is 4.79 Å². The molecule has 0 amide bonds. The van der Waals surface area contributed by atoms with Gasteiger partial charge in [0.05, 0.1) is 24.8 Å². The van der Waals surface area contributed by atoms with E-state index in [-0.39, 0.29) is 5.56 Å². The number of benzene rings is 1. The van der Waals surface area contributed by atoms with Crippen molar-refractivity contribution in [2.24, 2.45) is 0 Å². The van der Waals surface area contributed by atoms with Crippen molar-refractivity contribution in [3.8, 4) is 0 Å². The first-order valence-electron chi connectivity index (χ1n) is 8.01.